The van der Waals surface area contributed by atoms with Gasteiger partial charge in [-0.2, -0.15) is 4.31 Å². The van der Waals surface area contributed by atoms with Crippen LogP contribution in [0.5, 0.6) is 0 Å². The van der Waals surface area contributed by atoms with Gasteiger partial charge in [-0.3, -0.25) is 9.52 Å². The molecule has 0 atom stereocenters. The molecule has 0 saturated carbocycles. The number of nitrogens with zero attached hydrogens (tertiary/aromatic N) is 1. The standard InChI is InChI=1S/C24H24BrN3O6S2/c1-17-5-8-21(16-23(17)36(32,33)28-11-13-34-14-12-28)26-24(29)18-3-2-4-22(15-18)35(30,31)27-20-9-6-19(25)7-10-20/h2-10,15-16,27H,11-14H2,1H3,(H,26,29). The lowest BCUT2D eigenvalue weighted by Crippen LogP contribution is -2.40. The summed E-state index contributed by atoms with van der Waals surface area (Å²) in [7, 11) is -7.70. The Morgan fingerprint density at radius 1 is 0.917 bits per heavy atom. The highest BCUT2D eigenvalue weighted by molar-refractivity contribution is 9.10. The van der Waals surface area contributed by atoms with Gasteiger partial charge in [0.2, 0.25) is 10.0 Å². The van der Waals surface area contributed by atoms with E-state index in [2.05, 4.69) is 26.0 Å². The monoisotopic (exact) mass is 593 g/mol. The molecule has 0 unspecified atom stereocenters. The number of carbonyl (C=O) groups is 1. The van der Waals surface area contributed by atoms with Gasteiger partial charge < -0.3 is 10.1 Å². The van der Waals surface area contributed by atoms with Crippen LogP contribution in [0.15, 0.2) is 81.0 Å². The van der Waals surface area contributed by atoms with Gasteiger partial charge >= 0.3 is 0 Å². The van der Waals surface area contributed by atoms with Crippen molar-refractivity contribution in [1.82, 2.24) is 4.31 Å². The van der Waals surface area contributed by atoms with Crippen LogP contribution in [0.1, 0.15) is 15.9 Å². The number of sulfonamides is 2. The molecule has 4 rings (SSSR count). The molecule has 9 nitrogen and oxygen atoms in total. The molecule has 0 spiro atoms. The number of anilines is 2. The van der Waals surface area contributed by atoms with E-state index in [1.54, 1.807) is 43.3 Å². The fraction of sp³-hybridized carbons (Fsp3) is 0.208. The van der Waals surface area contributed by atoms with Crippen LogP contribution in [0.4, 0.5) is 11.4 Å². The van der Waals surface area contributed by atoms with Gasteiger partial charge in [-0.15, -0.1) is 0 Å². The van der Waals surface area contributed by atoms with Crippen molar-refractivity contribution in [2.24, 2.45) is 0 Å². The van der Waals surface area contributed by atoms with E-state index in [0.717, 1.165) is 4.47 Å². The number of amides is 1. The Labute approximate surface area is 218 Å². The van der Waals surface area contributed by atoms with Crippen LogP contribution >= 0.6 is 15.9 Å². The molecule has 1 heterocycles. The lowest BCUT2D eigenvalue weighted by atomic mass is 10.2. The van der Waals surface area contributed by atoms with E-state index in [1.165, 1.54) is 34.6 Å². The average Bonchev–Trinajstić information content (AvgIpc) is 2.87. The molecule has 1 amide bonds. The zero-order valence-corrected chi connectivity index (χ0v) is 22.5. The smallest absolute Gasteiger partial charge is 0.261 e. The third-order valence-corrected chi connectivity index (χ3v) is 9.49. The van der Waals surface area contributed by atoms with Crippen LogP contribution < -0.4 is 10.0 Å². The number of aryl methyl sites for hydroxylation is 1. The molecule has 12 heteroatoms. The van der Waals surface area contributed by atoms with Crippen molar-refractivity contribution in [3.05, 3.63) is 82.3 Å². The zero-order chi connectivity index (χ0) is 25.9. The maximum atomic E-state index is 13.1. The summed E-state index contributed by atoms with van der Waals surface area (Å²) in [5.41, 5.74) is 1.30. The van der Waals surface area contributed by atoms with E-state index in [1.807, 2.05) is 0 Å². The Kier molecular flexibility index (Phi) is 7.81. The molecule has 0 aliphatic carbocycles. The molecule has 1 saturated heterocycles. The van der Waals surface area contributed by atoms with E-state index in [9.17, 15) is 21.6 Å². The van der Waals surface area contributed by atoms with Gasteiger partial charge in [0.05, 0.1) is 23.0 Å². The lowest BCUT2D eigenvalue weighted by Gasteiger charge is -2.26. The van der Waals surface area contributed by atoms with Crippen LogP contribution in [0.25, 0.3) is 0 Å². The van der Waals surface area contributed by atoms with E-state index >= 15 is 0 Å². The summed E-state index contributed by atoms with van der Waals surface area (Å²) in [6.45, 7) is 2.85. The van der Waals surface area contributed by atoms with Crippen LogP contribution in [0.3, 0.4) is 0 Å². The number of carbonyl (C=O) groups excluding carboxylic acids is 1. The summed E-state index contributed by atoms with van der Waals surface area (Å²) in [5.74, 6) is -0.575. The van der Waals surface area contributed by atoms with Gasteiger partial charge in [0, 0.05) is 34.5 Å². The van der Waals surface area contributed by atoms with Gasteiger partial charge in [-0.25, -0.2) is 16.8 Å². The first kappa shape index (κ1) is 26.3. The minimum absolute atomic E-state index is 0.0856. The Balaban J connectivity index is 1.54. The summed E-state index contributed by atoms with van der Waals surface area (Å²) >= 11 is 3.30. The van der Waals surface area contributed by atoms with Crippen molar-refractivity contribution in [1.29, 1.82) is 0 Å². The second-order valence-corrected chi connectivity index (χ2v) is 12.6. The van der Waals surface area contributed by atoms with Gasteiger partial charge in [0.25, 0.3) is 15.9 Å². The fourth-order valence-electron chi connectivity index (χ4n) is 3.62. The number of hydrogen-bond donors (Lipinski definition) is 2. The Bertz CT molecular complexity index is 1490. The van der Waals surface area contributed by atoms with Crippen LogP contribution in [0, 0.1) is 6.92 Å². The van der Waals surface area contributed by atoms with E-state index < -0.39 is 26.0 Å². The van der Waals surface area contributed by atoms with E-state index in [4.69, 9.17) is 4.74 Å². The van der Waals surface area contributed by atoms with Crippen LogP contribution in [-0.4, -0.2) is 53.4 Å². The van der Waals surface area contributed by atoms with E-state index in [-0.39, 0.29) is 34.1 Å². The summed E-state index contributed by atoms with van der Waals surface area (Å²) in [6, 6.07) is 16.8. The second-order valence-electron chi connectivity index (χ2n) is 8.09. The summed E-state index contributed by atoms with van der Waals surface area (Å²) in [5, 5.41) is 2.67. The first-order chi connectivity index (χ1) is 17.1. The molecule has 0 bridgehead atoms. The summed E-state index contributed by atoms with van der Waals surface area (Å²) < 4.78 is 61.8. The predicted octanol–water partition coefficient (Wildman–Crippen LogP) is 3.83. The number of nitrogens with one attached hydrogen (secondary N) is 2. The molecular weight excluding hydrogens is 570 g/mol. The Hall–Kier alpha value is -2.77. The van der Waals surface area contributed by atoms with Crippen LogP contribution in [-0.2, 0) is 24.8 Å². The molecule has 36 heavy (non-hydrogen) atoms. The van der Waals surface area contributed by atoms with E-state index in [0.29, 0.717) is 24.5 Å². The highest BCUT2D eigenvalue weighted by atomic mass is 79.9. The Morgan fingerprint density at radius 3 is 2.28 bits per heavy atom. The second kappa shape index (κ2) is 10.7. The minimum Gasteiger partial charge on any atom is -0.379 e. The molecule has 3 aromatic carbocycles. The molecule has 0 aromatic heterocycles. The maximum absolute atomic E-state index is 13.1. The molecule has 0 radical (unpaired) electrons. The number of rotatable bonds is 7. The number of ether oxygens (including phenoxy) is 1. The average molecular weight is 595 g/mol. The number of halogens is 1. The first-order valence-corrected chi connectivity index (χ1v) is 14.7. The number of benzene rings is 3. The number of morpholine rings is 1. The predicted molar refractivity (Wildman–Crippen MR) is 140 cm³/mol. The van der Waals surface area contributed by atoms with Gasteiger partial charge in [-0.1, -0.05) is 28.1 Å². The molecule has 1 aliphatic heterocycles. The van der Waals surface area contributed by atoms with Gasteiger partial charge in [0.15, 0.2) is 0 Å². The van der Waals surface area contributed by atoms with Crippen molar-refractivity contribution in [2.45, 2.75) is 16.7 Å². The van der Waals surface area contributed by atoms with Crippen molar-refractivity contribution < 1.29 is 26.4 Å². The minimum atomic E-state index is -3.94. The first-order valence-electron chi connectivity index (χ1n) is 10.9. The quantitative estimate of drug-likeness (QED) is 0.429. The fourth-order valence-corrected chi connectivity index (χ4v) is 6.65. The maximum Gasteiger partial charge on any atom is 0.261 e. The van der Waals surface area contributed by atoms with Crippen LogP contribution in [0.2, 0.25) is 0 Å². The normalized spacial score (nSPS) is 14.8. The van der Waals surface area contributed by atoms with Crippen molar-refractivity contribution >= 4 is 53.3 Å². The van der Waals surface area contributed by atoms with Crippen molar-refractivity contribution in [3.8, 4) is 0 Å². The third kappa shape index (κ3) is 5.95. The van der Waals surface area contributed by atoms with Gasteiger partial charge in [0.1, 0.15) is 0 Å². The van der Waals surface area contributed by atoms with Gasteiger partial charge in [-0.05, 0) is 67.1 Å². The topological polar surface area (TPSA) is 122 Å². The molecule has 1 aliphatic rings. The third-order valence-electron chi connectivity index (χ3n) is 5.54. The summed E-state index contributed by atoms with van der Waals surface area (Å²) in [4.78, 5) is 12.9. The lowest BCUT2D eigenvalue weighted by molar-refractivity contribution is 0.0730. The zero-order valence-electron chi connectivity index (χ0n) is 19.3. The van der Waals surface area contributed by atoms with Crippen molar-refractivity contribution in [3.63, 3.8) is 0 Å². The molecule has 2 N–H and O–H groups in total. The van der Waals surface area contributed by atoms with Crippen molar-refractivity contribution in [2.75, 3.05) is 36.3 Å². The molecule has 3 aromatic rings. The molecule has 1 fully saturated rings. The molecule has 190 valence electrons. The number of hydrogen-bond acceptors (Lipinski definition) is 6. The molecular formula is C24H24BrN3O6S2. The highest BCUT2D eigenvalue weighted by Crippen LogP contribution is 2.25. The SMILES string of the molecule is Cc1ccc(NC(=O)c2cccc(S(=O)(=O)Nc3ccc(Br)cc3)c2)cc1S(=O)(=O)N1CCOCC1. The highest BCUT2D eigenvalue weighted by Gasteiger charge is 2.28. The largest absolute Gasteiger partial charge is 0.379 e. The summed E-state index contributed by atoms with van der Waals surface area (Å²) in [6.07, 6.45) is 0. The Morgan fingerprint density at radius 2 is 1.58 bits per heavy atom.